The van der Waals surface area contributed by atoms with Gasteiger partial charge in [-0.2, -0.15) is 22.0 Å². The van der Waals surface area contributed by atoms with Gasteiger partial charge in [0.15, 0.2) is 0 Å². The first kappa shape index (κ1) is 18.6. The minimum absolute atomic E-state index is 0.132. The maximum Gasteiger partial charge on any atom is 0.433 e. The summed E-state index contributed by atoms with van der Waals surface area (Å²) in [6, 6.07) is 3.69. The summed E-state index contributed by atoms with van der Waals surface area (Å²) in [6.45, 7) is 0. The Labute approximate surface area is 138 Å². The van der Waals surface area contributed by atoms with Gasteiger partial charge in [0.2, 0.25) is 0 Å². The molecule has 0 aliphatic carbocycles. The monoisotopic (exact) mass is 364 g/mol. The predicted octanol–water partition coefficient (Wildman–Crippen LogP) is 3.53. The van der Waals surface area contributed by atoms with Crippen LogP contribution >= 0.6 is 0 Å². The zero-order valence-corrected chi connectivity index (χ0v) is 12.5. The van der Waals surface area contributed by atoms with Crippen molar-refractivity contribution >= 4 is 22.7 Å². The van der Waals surface area contributed by atoms with Gasteiger partial charge in [-0.1, -0.05) is 12.1 Å². The van der Waals surface area contributed by atoms with Gasteiger partial charge in [-0.25, -0.2) is 4.39 Å². The number of nitrogen functional groups attached to an aromatic ring is 4. The summed E-state index contributed by atoms with van der Waals surface area (Å²) >= 11 is 0. The summed E-state index contributed by atoms with van der Waals surface area (Å²) < 4.78 is 84.5. The van der Waals surface area contributed by atoms with Crippen LogP contribution in [0.2, 0.25) is 0 Å². The van der Waals surface area contributed by atoms with Crippen molar-refractivity contribution < 1.29 is 26.3 Å². The Kier molecular flexibility index (Phi) is 4.19. The van der Waals surface area contributed by atoms with E-state index < -0.39 is 40.3 Å². The Hall–Kier alpha value is -2.78. The second-order valence-electron chi connectivity index (χ2n) is 5.42. The zero-order chi connectivity index (χ0) is 19.2. The molecule has 0 bridgehead atoms. The van der Waals surface area contributed by atoms with Crippen molar-refractivity contribution in [1.29, 1.82) is 0 Å². The molecule has 0 aliphatic rings. The molecular weight excluding hydrogens is 350 g/mol. The standard InChI is InChI=1S/C15H14F6N4/c16-13(15(19,20)21,7-1-3-9(22)11(24)5-7)14(17,18)8-2-4-10(23)12(25)6-8/h1-6H,22-25H2. The molecule has 0 radical (unpaired) electrons. The fourth-order valence-corrected chi connectivity index (χ4v) is 2.28. The molecule has 8 N–H and O–H groups in total. The highest BCUT2D eigenvalue weighted by Gasteiger charge is 2.72. The smallest absolute Gasteiger partial charge is 0.397 e. The highest BCUT2D eigenvalue weighted by Crippen LogP contribution is 2.57. The van der Waals surface area contributed by atoms with Gasteiger partial charge in [-0.05, 0) is 24.3 Å². The van der Waals surface area contributed by atoms with Gasteiger partial charge >= 0.3 is 12.1 Å². The van der Waals surface area contributed by atoms with Crippen LogP contribution in [-0.4, -0.2) is 6.18 Å². The van der Waals surface area contributed by atoms with Crippen molar-refractivity contribution in [2.45, 2.75) is 17.8 Å². The minimum atomic E-state index is -5.96. The lowest BCUT2D eigenvalue weighted by molar-refractivity contribution is -0.314. The molecule has 2 aromatic rings. The van der Waals surface area contributed by atoms with Gasteiger partial charge in [0, 0.05) is 11.1 Å². The molecule has 1 unspecified atom stereocenters. The first-order valence-corrected chi connectivity index (χ1v) is 6.76. The summed E-state index contributed by atoms with van der Waals surface area (Å²) in [5.41, 5.74) is 12.5. The molecule has 25 heavy (non-hydrogen) atoms. The van der Waals surface area contributed by atoms with E-state index in [9.17, 15) is 26.3 Å². The lowest BCUT2D eigenvalue weighted by atomic mass is 9.83. The number of benzene rings is 2. The first-order valence-electron chi connectivity index (χ1n) is 6.76. The Morgan fingerprint density at radius 2 is 0.960 bits per heavy atom. The largest absolute Gasteiger partial charge is 0.433 e. The fraction of sp³-hybridized carbons (Fsp3) is 0.200. The number of nitrogens with two attached hydrogens (primary N) is 4. The Balaban J connectivity index is 2.74. The van der Waals surface area contributed by atoms with Gasteiger partial charge in [-0.3, -0.25) is 0 Å². The summed E-state index contributed by atoms with van der Waals surface area (Å²) in [7, 11) is 0. The molecule has 0 saturated heterocycles. The van der Waals surface area contributed by atoms with Gasteiger partial charge in [-0.15, -0.1) is 0 Å². The number of rotatable bonds is 3. The lowest BCUT2D eigenvalue weighted by Crippen LogP contribution is -2.51. The average molecular weight is 364 g/mol. The number of hydrogen-bond donors (Lipinski definition) is 4. The lowest BCUT2D eigenvalue weighted by Gasteiger charge is -2.36. The highest BCUT2D eigenvalue weighted by molar-refractivity contribution is 5.66. The molecule has 2 aromatic carbocycles. The third-order valence-electron chi connectivity index (χ3n) is 3.76. The molecule has 0 spiro atoms. The predicted molar refractivity (Wildman–Crippen MR) is 83.3 cm³/mol. The normalized spacial score (nSPS) is 15.0. The van der Waals surface area contributed by atoms with Crippen LogP contribution in [0.1, 0.15) is 11.1 Å². The van der Waals surface area contributed by atoms with Crippen molar-refractivity contribution in [1.82, 2.24) is 0 Å². The van der Waals surface area contributed by atoms with E-state index in [1.807, 2.05) is 0 Å². The van der Waals surface area contributed by atoms with Crippen LogP contribution in [-0.2, 0) is 11.6 Å². The zero-order valence-electron chi connectivity index (χ0n) is 12.5. The van der Waals surface area contributed by atoms with Crippen LogP contribution in [0.4, 0.5) is 49.1 Å². The van der Waals surface area contributed by atoms with E-state index >= 15 is 0 Å². The third kappa shape index (κ3) is 2.77. The van der Waals surface area contributed by atoms with Gasteiger partial charge in [0.1, 0.15) is 0 Å². The van der Waals surface area contributed by atoms with Crippen LogP contribution in [0.3, 0.4) is 0 Å². The number of halogens is 6. The minimum Gasteiger partial charge on any atom is -0.397 e. The Morgan fingerprint density at radius 1 is 0.560 bits per heavy atom. The van der Waals surface area contributed by atoms with E-state index in [1.54, 1.807) is 0 Å². The molecule has 1 atom stereocenters. The number of hydrogen-bond acceptors (Lipinski definition) is 4. The van der Waals surface area contributed by atoms with E-state index in [-0.39, 0.29) is 11.4 Å². The molecule has 136 valence electrons. The van der Waals surface area contributed by atoms with Crippen LogP contribution < -0.4 is 22.9 Å². The number of alkyl halides is 6. The summed E-state index contributed by atoms with van der Waals surface area (Å²) in [5, 5.41) is 0. The van der Waals surface area contributed by atoms with Crippen molar-refractivity contribution in [2.75, 3.05) is 22.9 Å². The third-order valence-corrected chi connectivity index (χ3v) is 3.76. The van der Waals surface area contributed by atoms with Crippen molar-refractivity contribution in [2.24, 2.45) is 0 Å². The maximum atomic E-state index is 15.0. The van der Waals surface area contributed by atoms with Gasteiger partial charge in [0.05, 0.1) is 22.7 Å². The van der Waals surface area contributed by atoms with Crippen molar-refractivity contribution in [3.8, 4) is 0 Å². The van der Waals surface area contributed by atoms with E-state index in [0.717, 1.165) is 12.1 Å². The molecule has 0 amide bonds. The molecule has 4 nitrogen and oxygen atoms in total. The van der Waals surface area contributed by atoms with Crippen LogP contribution in [0, 0.1) is 0 Å². The Bertz CT molecular complexity index is 805. The highest BCUT2D eigenvalue weighted by atomic mass is 19.4. The first-order chi connectivity index (χ1) is 11.3. The Morgan fingerprint density at radius 3 is 1.36 bits per heavy atom. The molecule has 0 aromatic heterocycles. The van der Waals surface area contributed by atoms with Crippen molar-refractivity contribution in [3.05, 3.63) is 47.5 Å². The second kappa shape index (κ2) is 5.64. The molecule has 0 heterocycles. The molecule has 0 saturated carbocycles. The molecule has 0 fully saturated rings. The van der Waals surface area contributed by atoms with E-state index in [1.165, 1.54) is 0 Å². The maximum absolute atomic E-state index is 15.0. The molecule has 0 aliphatic heterocycles. The molecular formula is C15H14F6N4. The van der Waals surface area contributed by atoms with Gasteiger partial charge < -0.3 is 22.9 Å². The fourth-order valence-electron chi connectivity index (χ4n) is 2.28. The van der Waals surface area contributed by atoms with Crippen LogP contribution in [0.15, 0.2) is 36.4 Å². The topological polar surface area (TPSA) is 104 Å². The summed E-state index contributed by atoms with van der Waals surface area (Å²) in [4.78, 5) is 0. The molecule has 2 rings (SSSR count). The van der Waals surface area contributed by atoms with Crippen LogP contribution in [0.25, 0.3) is 0 Å². The second-order valence-corrected chi connectivity index (χ2v) is 5.42. The van der Waals surface area contributed by atoms with Crippen LogP contribution in [0.5, 0.6) is 0 Å². The SMILES string of the molecule is Nc1ccc(C(F)(F)C(F)(c2ccc(N)c(N)c2)C(F)(F)F)cc1N. The van der Waals surface area contributed by atoms with Crippen molar-refractivity contribution in [3.63, 3.8) is 0 Å². The summed E-state index contributed by atoms with van der Waals surface area (Å²) in [6.07, 6.45) is -5.96. The van der Waals surface area contributed by atoms with Gasteiger partial charge in [0.25, 0.3) is 5.67 Å². The summed E-state index contributed by atoms with van der Waals surface area (Å²) in [5.74, 6) is -5.02. The number of anilines is 4. The van der Waals surface area contributed by atoms with E-state index in [0.29, 0.717) is 24.3 Å². The quantitative estimate of drug-likeness (QED) is 0.494. The molecule has 10 heteroatoms. The van der Waals surface area contributed by atoms with E-state index in [2.05, 4.69) is 0 Å². The van der Waals surface area contributed by atoms with E-state index in [4.69, 9.17) is 22.9 Å². The average Bonchev–Trinajstić information content (AvgIpc) is 2.50.